The molecule has 0 unspecified atom stereocenters. The van der Waals surface area contributed by atoms with E-state index >= 15 is 0 Å². The Morgan fingerprint density at radius 3 is 2.65 bits per heavy atom. The molecule has 106 valence electrons. The topological polar surface area (TPSA) is 38.5 Å². The van der Waals surface area contributed by atoms with Crippen molar-refractivity contribution in [2.45, 2.75) is 6.54 Å². The van der Waals surface area contributed by atoms with E-state index in [0.717, 1.165) is 11.6 Å². The number of ether oxygens (including phenoxy) is 1. The maximum Gasteiger partial charge on any atom is 0.184 e. The summed E-state index contributed by atoms with van der Waals surface area (Å²) in [6, 6.07) is 9.76. The lowest BCUT2D eigenvalue weighted by atomic mass is 10.1. The standard InChI is InChI=1S/C15H16F2N2O/c1-19(9-10-4-3-5-11(8-10)20-2)15-13(18)7-6-12(16)14(15)17/h3-8H,9,18H2,1-2H3. The van der Waals surface area contributed by atoms with Crippen molar-refractivity contribution in [1.82, 2.24) is 0 Å². The first-order valence-electron chi connectivity index (χ1n) is 6.10. The highest BCUT2D eigenvalue weighted by Crippen LogP contribution is 2.29. The summed E-state index contributed by atoms with van der Waals surface area (Å²) >= 11 is 0. The van der Waals surface area contributed by atoms with Crippen LogP contribution < -0.4 is 15.4 Å². The summed E-state index contributed by atoms with van der Waals surface area (Å²) in [6.07, 6.45) is 0. The van der Waals surface area contributed by atoms with Crippen LogP contribution in [0.2, 0.25) is 0 Å². The number of hydrogen-bond donors (Lipinski definition) is 1. The van der Waals surface area contributed by atoms with E-state index in [1.54, 1.807) is 19.1 Å². The molecule has 0 saturated carbocycles. The number of anilines is 2. The Balaban J connectivity index is 2.28. The molecule has 5 heteroatoms. The molecule has 0 aliphatic heterocycles. The van der Waals surface area contributed by atoms with E-state index in [0.29, 0.717) is 12.3 Å². The summed E-state index contributed by atoms with van der Waals surface area (Å²) in [7, 11) is 3.24. The van der Waals surface area contributed by atoms with Crippen LogP contribution in [0.15, 0.2) is 36.4 Å². The first kappa shape index (κ1) is 14.1. The Labute approximate surface area is 116 Å². The van der Waals surface area contributed by atoms with Gasteiger partial charge in [0.05, 0.1) is 18.5 Å². The summed E-state index contributed by atoms with van der Waals surface area (Å²) in [6.45, 7) is 0.391. The average Bonchev–Trinajstić information content (AvgIpc) is 2.43. The van der Waals surface area contributed by atoms with Crippen molar-refractivity contribution in [1.29, 1.82) is 0 Å². The van der Waals surface area contributed by atoms with Gasteiger partial charge in [-0.1, -0.05) is 12.1 Å². The molecule has 0 bridgehead atoms. The SMILES string of the molecule is COc1cccc(CN(C)c2c(N)ccc(F)c2F)c1. The second-order valence-electron chi connectivity index (χ2n) is 4.51. The third-order valence-corrected chi connectivity index (χ3v) is 3.04. The molecule has 0 heterocycles. The van der Waals surface area contributed by atoms with Crippen molar-refractivity contribution < 1.29 is 13.5 Å². The van der Waals surface area contributed by atoms with Crippen LogP contribution in [0.4, 0.5) is 20.2 Å². The van der Waals surface area contributed by atoms with Gasteiger partial charge in [-0.25, -0.2) is 8.78 Å². The van der Waals surface area contributed by atoms with E-state index < -0.39 is 11.6 Å². The van der Waals surface area contributed by atoms with Gasteiger partial charge in [-0.05, 0) is 29.8 Å². The van der Waals surface area contributed by atoms with Crippen molar-refractivity contribution in [3.63, 3.8) is 0 Å². The number of nitrogen functional groups attached to an aromatic ring is 1. The van der Waals surface area contributed by atoms with Gasteiger partial charge in [0, 0.05) is 13.6 Å². The van der Waals surface area contributed by atoms with Crippen LogP contribution in [0.25, 0.3) is 0 Å². The Kier molecular flexibility index (Phi) is 4.08. The van der Waals surface area contributed by atoms with Crippen molar-refractivity contribution in [2.75, 3.05) is 24.8 Å². The van der Waals surface area contributed by atoms with E-state index in [2.05, 4.69) is 0 Å². The van der Waals surface area contributed by atoms with Gasteiger partial charge in [0.1, 0.15) is 5.75 Å². The zero-order valence-corrected chi connectivity index (χ0v) is 11.4. The molecule has 0 spiro atoms. The van der Waals surface area contributed by atoms with Crippen LogP contribution in [0.5, 0.6) is 5.75 Å². The summed E-state index contributed by atoms with van der Waals surface area (Å²) in [4.78, 5) is 1.57. The molecule has 0 atom stereocenters. The predicted molar refractivity (Wildman–Crippen MR) is 75.9 cm³/mol. The van der Waals surface area contributed by atoms with Crippen LogP contribution in [-0.2, 0) is 6.54 Å². The van der Waals surface area contributed by atoms with Crippen LogP contribution in [0, 0.1) is 11.6 Å². The highest BCUT2D eigenvalue weighted by atomic mass is 19.2. The van der Waals surface area contributed by atoms with Gasteiger partial charge in [0.2, 0.25) is 0 Å². The summed E-state index contributed by atoms with van der Waals surface area (Å²) in [5, 5.41) is 0. The fourth-order valence-electron chi connectivity index (χ4n) is 2.07. The van der Waals surface area contributed by atoms with Gasteiger partial charge in [-0.2, -0.15) is 0 Å². The molecule has 0 amide bonds. The van der Waals surface area contributed by atoms with E-state index in [9.17, 15) is 8.78 Å². The van der Waals surface area contributed by atoms with E-state index in [4.69, 9.17) is 10.5 Å². The maximum atomic E-state index is 13.8. The Morgan fingerprint density at radius 1 is 1.20 bits per heavy atom. The van der Waals surface area contributed by atoms with E-state index in [1.165, 1.54) is 6.07 Å². The van der Waals surface area contributed by atoms with Gasteiger partial charge >= 0.3 is 0 Å². The van der Waals surface area contributed by atoms with Gasteiger partial charge in [-0.15, -0.1) is 0 Å². The first-order chi connectivity index (χ1) is 9.52. The van der Waals surface area contributed by atoms with Gasteiger partial charge < -0.3 is 15.4 Å². The number of benzene rings is 2. The average molecular weight is 278 g/mol. The van der Waals surface area contributed by atoms with Gasteiger partial charge in [0.15, 0.2) is 11.6 Å². The van der Waals surface area contributed by atoms with E-state index in [-0.39, 0.29) is 11.4 Å². The lowest BCUT2D eigenvalue weighted by Crippen LogP contribution is -2.19. The molecule has 2 rings (SSSR count). The molecule has 3 nitrogen and oxygen atoms in total. The second kappa shape index (κ2) is 5.77. The molecule has 2 aromatic carbocycles. The lowest BCUT2D eigenvalue weighted by molar-refractivity contribution is 0.414. The second-order valence-corrected chi connectivity index (χ2v) is 4.51. The highest BCUT2D eigenvalue weighted by molar-refractivity contribution is 5.68. The number of rotatable bonds is 4. The predicted octanol–water partition coefficient (Wildman–Crippen LogP) is 3.19. The first-order valence-corrected chi connectivity index (χ1v) is 6.10. The Morgan fingerprint density at radius 2 is 1.95 bits per heavy atom. The fourth-order valence-corrected chi connectivity index (χ4v) is 2.07. The summed E-state index contributed by atoms with van der Waals surface area (Å²) in [5.74, 6) is -1.13. The molecule has 2 N–H and O–H groups in total. The minimum Gasteiger partial charge on any atom is -0.497 e. The molecule has 0 aliphatic rings. The zero-order chi connectivity index (χ0) is 14.7. The fraction of sp³-hybridized carbons (Fsp3) is 0.200. The third kappa shape index (κ3) is 2.82. The van der Waals surface area contributed by atoms with Gasteiger partial charge in [0.25, 0.3) is 0 Å². The molecule has 0 saturated heterocycles. The smallest absolute Gasteiger partial charge is 0.184 e. The van der Waals surface area contributed by atoms with E-state index in [1.807, 2.05) is 24.3 Å². The maximum absolute atomic E-state index is 13.8. The molecule has 0 fully saturated rings. The quantitative estimate of drug-likeness (QED) is 0.873. The highest BCUT2D eigenvalue weighted by Gasteiger charge is 2.16. The Hall–Kier alpha value is -2.30. The molecule has 0 radical (unpaired) electrons. The lowest BCUT2D eigenvalue weighted by Gasteiger charge is -2.22. The Bertz CT molecular complexity index is 617. The van der Waals surface area contributed by atoms with Gasteiger partial charge in [-0.3, -0.25) is 0 Å². The monoisotopic (exact) mass is 278 g/mol. The molecule has 20 heavy (non-hydrogen) atoms. The molecule has 0 aliphatic carbocycles. The zero-order valence-electron chi connectivity index (χ0n) is 11.4. The van der Waals surface area contributed by atoms with Crippen molar-refractivity contribution >= 4 is 11.4 Å². The number of halogens is 2. The van der Waals surface area contributed by atoms with Crippen LogP contribution in [-0.4, -0.2) is 14.2 Å². The largest absolute Gasteiger partial charge is 0.497 e. The van der Waals surface area contributed by atoms with Crippen LogP contribution in [0.1, 0.15) is 5.56 Å². The van der Waals surface area contributed by atoms with Crippen LogP contribution in [0.3, 0.4) is 0 Å². The molecular weight excluding hydrogens is 262 g/mol. The number of nitrogens with zero attached hydrogens (tertiary/aromatic N) is 1. The molecular formula is C15H16F2N2O. The van der Waals surface area contributed by atoms with Crippen molar-refractivity contribution in [3.8, 4) is 5.75 Å². The number of nitrogens with two attached hydrogens (primary N) is 1. The van der Waals surface area contributed by atoms with Crippen molar-refractivity contribution in [3.05, 3.63) is 53.6 Å². The van der Waals surface area contributed by atoms with Crippen LogP contribution >= 0.6 is 0 Å². The summed E-state index contributed by atoms with van der Waals surface area (Å²) < 4.78 is 32.3. The third-order valence-electron chi connectivity index (χ3n) is 3.04. The number of methoxy groups -OCH3 is 1. The molecule has 0 aromatic heterocycles. The minimum absolute atomic E-state index is 0.0628. The molecule has 2 aromatic rings. The summed E-state index contributed by atoms with van der Waals surface area (Å²) in [5.41, 5.74) is 6.91. The normalized spacial score (nSPS) is 10.4. The minimum atomic E-state index is -0.935. The van der Waals surface area contributed by atoms with Crippen molar-refractivity contribution in [2.24, 2.45) is 0 Å². The number of hydrogen-bond acceptors (Lipinski definition) is 3.